The summed E-state index contributed by atoms with van der Waals surface area (Å²) in [5.41, 5.74) is 1.90. The smallest absolute Gasteiger partial charge is 0.253 e. The second kappa shape index (κ2) is 11.7. The van der Waals surface area contributed by atoms with Crippen LogP contribution < -0.4 is 10.6 Å². The van der Waals surface area contributed by atoms with Gasteiger partial charge in [-0.1, -0.05) is 19.1 Å². The average molecular weight is 515 g/mol. The maximum Gasteiger partial charge on any atom is 0.253 e. The van der Waals surface area contributed by atoms with Gasteiger partial charge in [-0.25, -0.2) is 0 Å². The Balaban J connectivity index is 0.00000420. The third kappa shape index (κ3) is 7.77. The summed E-state index contributed by atoms with van der Waals surface area (Å²) in [5, 5.41) is 6.84. The molecule has 1 saturated heterocycles. The Morgan fingerprint density at radius 2 is 1.90 bits per heavy atom. The molecule has 1 unspecified atom stereocenters. The topological polar surface area (TPSA) is 60.0 Å². The first-order valence-electron chi connectivity index (χ1n) is 10.2. The van der Waals surface area contributed by atoms with Gasteiger partial charge < -0.3 is 15.5 Å². The van der Waals surface area contributed by atoms with Crippen LogP contribution >= 0.6 is 24.0 Å². The fraction of sp³-hybridized carbons (Fsp3) is 0.636. The Kier molecular flexibility index (Phi) is 10.4. The molecule has 0 radical (unpaired) electrons. The SMILES string of the molecule is CN=C(NCc1ccc(C(=O)N(C)C)cc1)NCC(C)(C)N1CCCC(C)C1.I. The summed E-state index contributed by atoms with van der Waals surface area (Å²) >= 11 is 0. The molecular weight excluding hydrogens is 477 g/mol. The van der Waals surface area contributed by atoms with Gasteiger partial charge in [0, 0.05) is 51.9 Å². The number of nitrogens with one attached hydrogen (secondary N) is 2. The van der Waals surface area contributed by atoms with Crippen molar-refractivity contribution in [1.82, 2.24) is 20.4 Å². The number of carbonyl (C=O) groups is 1. The van der Waals surface area contributed by atoms with Gasteiger partial charge >= 0.3 is 0 Å². The van der Waals surface area contributed by atoms with E-state index >= 15 is 0 Å². The van der Waals surface area contributed by atoms with E-state index in [0.29, 0.717) is 12.1 Å². The minimum absolute atomic E-state index is 0. The number of likely N-dealkylation sites (tertiary alicyclic amines) is 1. The number of guanidine groups is 1. The quantitative estimate of drug-likeness (QED) is 0.347. The Morgan fingerprint density at radius 3 is 2.45 bits per heavy atom. The molecule has 29 heavy (non-hydrogen) atoms. The average Bonchev–Trinajstić information content (AvgIpc) is 2.68. The Morgan fingerprint density at radius 1 is 1.24 bits per heavy atom. The van der Waals surface area contributed by atoms with Crippen LogP contribution in [0.2, 0.25) is 0 Å². The third-order valence-corrected chi connectivity index (χ3v) is 5.49. The van der Waals surface area contributed by atoms with Crippen LogP contribution in [0.25, 0.3) is 0 Å². The summed E-state index contributed by atoms with van der Waals surface area (Å²) in [6, 6.07) is 7.71. The molecule has 1 atom stereocenters. The highest BCUT2D eigenvalue weighted by atomic mass is 127. The van der Waals surface area contributed by atoms with Crippen molar-refractivity contribution in [3.05, 3.63) is 35.4 Å². The second-order valence-corrected chi connectivity index (χ2v) is 8.68. The molecule has 1 amide bonds. The van der Waals surface area contributed by atoms with Crippen LogP contribution in [-0.2, 0) is 6.54 Å². The van der Waals surface area contributed by atoms with E-state index in [1.807, 2.05) is 24.3 Å². The standard InChI is InChI=1S/C22H37N5O.HI/c1-17-8-7-13-27(15-17)22(2,3)16-25-21(23-4)24-14-18-9-11-19(12-10-18)20(28)26(5)6;/h9-12,17H,7-8,13-16H2,1-6H3,(H2,23,24,25);1H. The van der Waals surface area contributed by atoms with Crippen LogP contribution in [0.5, 0.6) is 0 Å². The van der Waals surface area contributed by atoms with Gasteiger partial charge in [-0.15, -0.1) is 24.0 Å². The van der Waals surface area contributed by atoms with Crippen molar-refractivity contribution in [3.63, 3.8) is 0 Å². The predicted octanol–water partition coefficient (Wildman–Crippen LogP) is 3.18. The molecule has 2 N–H and O–H groups in total. The van der Waals surface area contributed by atoms with E-state index in [1.54, 1.807) is 26.0 Å². The van der Waals surface area contributed by atoms with E-state index in [2.05, 4.69) is 41.3 Å². The first-order chi connectivity index (χ1) is 13.2. The molecule has 1 aromatic carbocycles. The monoisotopic (exact) mass is 515 g/mol. The molecule has 1 aromatic rings. The van der Waals surface area contributed by atoms with E-state index in [-0.39, 0.29) is 35.4 Å². The molecule has 1 heterocycles. The summed E-state index contributed by atoms with van der Waals surface area (Å²) in [4.78, 5) is 20.5. The number of carbonyl (C=O) groups excluding carboxylic acids is 1. The number of hydrogen-bond donors (Lipinski definition) is 2. The Labute approximate surface area is 193 Å². The number of aliphatic imine (C=N–C) groups is 1. The van der Waals surface area contributed by atoms with E-state index in [4.69, 9.17) is 0 Å². The van der Waals surface area contributed by atoms with Gasteiger partial charge in [0.05, 0.1) is 0 Å². The van der Waals surface area contributed by atoms with E-state index in [9.17, 15) is 4.79 Å². The first-order valence-corrected chi connectivity index (χ1v) is 10.2. The zero-order chi connectivity index (χ0) is 20.7. The van der Waals surface area contributed by atoms with Crippen molar-refractivity contribution in [3.8, 4) is 0 Å². The van der Waals surface area contributed by atoms with Crippen LogP contribution in [-0.4, -0.2) is 68.0 Å². The largest absolute Gasteiger partial charge is 0.355 e. The molecule has 1 aliphatic rings. The van der Waals surface area contributed by atoms with Gasteiger partial charge in [-0.2, -0.15) is 0 Å². The van der Waals surface area contributed by atoms with Crippen molar-refractivity contribution < 1.29 is 4.79 Å². The molecule has 1 fully saturated rings. The molecule has 2 rings (SSSR count). The molecule has 6 nitrogen and oxygen atoms in total. The molecule has 1 aliphatic heterocycles. The molecular formula is C22H38IN5O. The van der Waals surface area contributed by atoms with E-state index < -0.39 is 0 Å². The van der Waals surface area contributed by atoms with Crippen LogP contribution in [0.3, 0.4) is 0 Å². The number of halogens is 1. The van der Waals surface area contributed by atoms with Crippen LogP contribution in [0.4, 0.5) is 0 Å². The molecule has 0 bridgehead atoms. The molecule has 164 valence electrons. The minimum Gasteiger partial charge on any atom is -0.355 e. The molecule has 0 aromatic heterocycles. The number of piperidine rings is 1. The van der Waals surface area contributed by atoms with Gasteiger partial charge in [0.15, 0.2) is 5.96 Å². The maximum atomic E-state index is 12.0. The highest BCUT2D eigenvalue weighted by Gasteiger charge is 2.30. The number of amides is 1. The number of hydrogen-bond acceptors (Lipinski definition) is 3. The van der Waals surface area contributed by atoms with E-state index in [1.165, 1.54) is 25.9 Å². The fourth-order valence-corrected chi connectivity index (χ4v) is 3.58. The van der Waals surface area contributed by atoms with Crippen LogP contribution in [0.15, 0.2) is 29.3 Å². The van der Waals surface area contributed by atoms with Crippen molar-refractivity contribution in [2.24, 2.45) is 10.9 Å². The van der Waals surface area contributed by atoms with Gasteiger partial charge in [-0.3, -0.25) is 14.7 Å². The third-order valence-electron chi connectivity index (χ3n) is 5.49. The van der Waals surface area contributed by atoms with Gasteiger partial charge in [0.25, 0.3) is 5.91 Å². The summed E-state index contributed by atoms with van der Waals surface area (Å²) in [5.74, 6) is 1.59. The van der Waals surface area contributed by atoms with Gasteiger partial charge in [0.1, 0.15) is 0 Å². The Hall–Kier alpha value is -1.35. The van der Waals surface area contributed by atoms with Crippen molar-refractivity contribution in [2.45, 2.75) is 45.7 Å². The van der Waals surface area contributed by atoms with Gasteiger partial charge in [0.2, 0.25) is 0 Å². The summed E-state index contributed by atoms with van der Waals surface area (Å²) in [7, 11) is 5.32. The second-order valence-electron chi connectivity index (χ2n) is 8.68. The molecule has 7 heteroatoms. The Bertz CT molecular complexity index is 672. The summed E-state index contributed by atoms with van der Waals surface area (Å²) < 4.78 is 0. The summed E-state index contributed by atoms with van der Waals surface area (Å²) in [6.45, 7) is 10.8. The van der Waals surface area contributed by atoms with Crippen molar-refractivity contribution in [1.29, 1.82) is 0 Å². The molecule has 0 aliphatic carbocycles. The highest BCUT2D eigenvalue weighted by Crippen LogP contribution is 2.23. The summed E-state index contributed by atoms with van der Waals surface area (Å²) in [6.07, 6.45) is 2.62. The normalized spacial score (nSPS) is 18.0. The van der Waals surface area contributed by atoms with Crippen molar-refractivity contribution in [2.75, 3.05) is 40.8 Å². The molecule has 0 spiro atoms. The van der Waals surface area contributed by atoms with Crippen LogP contribution in [0, 0.1) is 5.92 Å². The lowest BCUT2D eigenvalue weighted by atomic mass is 9.93. The zero-order valence-electron chi connectivity index (χ0n) is 18.8. The minimum atomic E-state index is 0. The van der Waals surface area contributed by atoms with Crippen LogP contribution in [0.1, 0.15) is 49.5 Å². The highest BCUT2D eigenvalue weighted by molar-refractivity contribution is 14.0. The number of rotatable bonds is 6. The lowest BCUT2D eigenvalue weighted by Gasteiger charge is -2.43. The maximum absolute atomic E-state index is 12.0. The number of nitrogens with zero attached hydrogens (tertiary/aromatic N) is 3. The van der Waals surface area contributed by atoms with E-state index in [0.717, 1.165) is 24.0 Å². The van der Waals surface area contributed by atoms with Gasteiger partial charge in [-0.05, 0) is 56.8 Å². The zero-order valence-corrected chi connectivity index (χ0v) is 21.1. The lowest BCUT2D eigenvalue weighted by Crippen LogP contribution is -2.55. The van der Waals surface area contributed by atoms with Crippen molar-refractivity contribution >= 4 is 35.8 Å². The fourth-order valence-electron chi connectivity index (χ4n) is 3.58. The first kappa shape index (κ1) is 25.7. The number of benzene rings is 1. The predicted molar refractivity (Wildman–Crippen MR) is 132 cm³/mol. The lowest BCUT2D eigenvalue weighted by molar-refractivity contribution is 0.0739. The molecule has 0 saturated carbocycles.